The fraction of sp³-hybridized carbons (Fsp3) is 0.130. The van der Waals surface area contributed by atoms with Gasteiger partial charge in [-0.1, -0.05) is 34.1 Å². The van der Waals surface area contributed by atoms with Gasteiger partial charge in [-0.25, -0.2) is 9.67 Å². The Morgan fingerprint density at radius 1 is 1.12 bits per heavy atom. The molecule has 0 unspecified atom stereocenters. The SMILES string of the molecule is Cc1nn(CC(=O)Nc2nn(Cc3ccc(Br)cc3)cc2Br)c2nccc(-c3cccs3)c12. The molecule has 0 aliphatic heterocycles. The van der Waals surface area contributed by atoms with Crippen molar-refractivity contribution < 1.29 is 4.79 Å². The van der Waals surface area contributed by atoms with Crippen LogP contribution in [0.3, 0.4) is 0 Å². The molecule has 0 fully saturated rings. The summed E-state index contributed by atoms with van der Waals surface area (Å²) in [5.74, 6) is 0.245. The normalized spacial score (nSPS) is 11.2. The van der Waals surface area contributed by atoms with Crippen molar-refractivity contribution in [2.75, 3.05) is 5.32 Å². The molecular formula is C23H18Br2N6OS. The fourth-order valence-electron chi connectivity index (χ4n) is 3.68. The third-order valence-corrected chi connectivity index (χ3v) is 7.13. The second-order valence-electron chi connectivity index (χ2n) is 7.48. The number of anilines is 1. The van der Waals surface area contributed by atoms with Crippen molar-refractivity contribution in [1.29, 1.82) is 0 Å². The summed E-state index contributed by atoms with van der Waals surface area (Å²) in [6.07, 6.45) is 3.60. The number of nitrogens with one attached hydrogen (secondary N) is 1. The molecular weight excluding hydrogens is 568 g/mol. The number of benzene rings is 1. The lowest BCUT2D eigenvalue weighted by atomic mass is 10.1. The quantitative estimate of drug-likeness (QED) is 0.270. The number of hydrogen-bond donors (Lipinski definition) is 1. The number of aromatic nitrogens is 5. The highest BCUT2D eigenvalue weighted by atomic mass is 79.9. The van der Waals surface area contributed by atoms with E-state index in [2.05, 4.69) is 58.4 Å². The molecule has 1 N–H and O–H groups in total. The summed E-state index contributed by atoms with van der Waals surface area (Å²) in [7, 11) is 0. The number of thiophene rings is 1. The summed E-state index contributed by atoms with van der Waals surface area (Å²) in [4.78, 5) is 18.5. The van der Waals surface area contributed by atoms with E-state index >= 15 is 0 Å². The first kappa shape index (κ1) is 22.0. The van der Waals surface area contributed by atoms with Crippen LogP contribution in [0.4, 0.5) is 5.82 Å². The van der Waals surface area contributed by atoms with E-state index in [9.17, 15) is 4.79 Å². The van der Waals surface area contributed by atoms with E-state index < -0.39 is 0 Å². The van der Waals surface area contributed by atoms with Crippen molar-refractivity contribution >= 4 is 66.0 Å². The summed E-state index contributed by atoms with van der Waals surface area (Å²) in [5.41, 5.74) is 3.72. The van der Waals surface area contributed by atoms with E-state index in [1.807, 2.05) is 54.9 Å². The molecule has 0 saturated heterocycles. The molecule has 4 heterocycles. The minimum atomic E-state index is -0.225. The van der Waals surface area contributed by atoms with Gasteiger partial charge in [0.1, 0.15) is 6.54 Å². The van der Waals surface area contributed by atoms with E-state index in [0.29, 0.717) is 22.5 Å². The number of fused-ring (bicyclic) bond motifs is 1. The van der Waals surface area contributed by atoms with E-state index in [-0.39, 0.29) is 12.5 Å². The highest BCUT2D eigenvalue weighted by Crippen LogP contribution is 2.32. The van der Waals surface area contributed by atoms with Crippen molar-refractivity contribution in [3.05, 3.63) is 80.4 Å². The molecule has 4 aromatic heterocycles. The number of pyridine rings is 1. The van der Waals surface area contributed by atoms with Crippen LogP contribution in [0, 0.1) is 6.92 Å². The molecule has 5 rings (SSSR count). The lowest BCUT2D eigenvalue weighted by molar-refractivity contribution is -0.116. The zero-order valence-corrected chi connectivity index (χ0v) is 21.5. The molecule has 10 heteroatoms. The average Bonchev–Trinajstić information content (AvgIpc) is 3.51. The third kappa shape index (κ3) is 4.64. The van der Waals surface area contributed by atoms with Crippen LogP contribution >= 0.6 is 43.2 Å². The molecule has 33 heavy (non-hydrogen) atoms. The second kappa shape index (κ2) is 9.20. The lowest BCUT2D eigenvalue weighted by Crippen LogP contribution is -2.20. The number of carbonyl (C=O) groups is 1. The van der Waals surface area contributed by atoms with Gasteiger partial charge in [0.2, 0.25) is 5.91 Å². The lowest BCUT2D eigenvalue weighted by Gasteiger charge is -2.05. The maximum absolute atomic E-state index is 12.8. The zero-order valence-electron chi connectivity index (χ0n) is 17.5. The van der Waals surface area contributed by atoms with Gasteiger partial charge < -0.3 is 5.32 Å². The zero-order chi connectivity index (χ0) is 22.9. The van der Waals surface area contributed by atoms with E-state index in [1.54, 1.807) is 26.9 Å². The minimum absolute atomic E-state index is 0.0389. The molecule has 1 amide bonds. The fourth-order valence-corrected chi connectivity index (χ4v) is 5.11. The first-order valence-corrected chi connectivity index (χ1v) is 12.6. The van der Waals surface area contributed by atoms with Crippen LogP contribution in [-0.4, -0.2) is 30.5 Å². The van der Waals surface area contributed by atoms with Gasteiger partial charge in [-0.3, -0.25) is 9.48 Å². The summed E-state index contributed by atoms with van der Waals surface area (Å²) < 4.78 is 5.17. The Balaban J connectivity index is 1.34. The molecule has 0 atom stereocenters. The van der Waals surface area contributed by atoms with Gasteiger partial charge in [0, 0.05) is 27.3 Å². The van der Waals surface area contributed by atoms with Crippen molar-refractivity contribution in [2.24, 2.45) is 0 Å². The molecule has 0 radical (unpaired) electrons. The Hall–Kier alpha value is -2.82. The van der Waals surface area contributed by atoms with Crippen molar-refractivity contribution in [3.8, 4) is 10.4 Å². The Morgan fingerprint density at radius 2 is 1.94 bits per heavy atom. The van der Waals surface area contributed by atoms with Gasteiger partial charge in [-0.05, 0) is 58.1 Å². The Bertz CT molecular complexity index is 1440. The topological polar surface area (TPSA) is 77.6 Å². The van der Waals surface area contributed by atoms with Crippen molar-refractivity contribution in [3.63, 3.8) is 0 Å². The highest BCUT2D eigenvalue weighted by molar-refractivity contribution is 9.10. The summed E-state index contributed by atoms with van der Waals surface area (Å²) in [6, 6.07) is 14.1. The van der Waals surface area contributed by atoms with Crippen LogP contribution in [0.5, 0.6) is 0 Å². The predicted octanol–water partition coefficient (Wildman–Crippen LogP) is 5.88. The Labute approximate surface area is 210 Å². The molecule has 5 aromatic rings. The number of nitrogens with zero attached hydrogens (tertiary/aromatic N) is 5. The maximum Gasteiger partial charge on any atom is 0.247 e. The van der Waals surface area contributed by atoms with E-state index in [4.69, 9.17) is 0 Å². The predicted molar refractivity (Wildman–Crippen MR) is 137 cm³/mol. The van der Waals surface area contributed by atoms with Crippen LogP contribution < -0.4 is 5.32 Å². The van der Waals surface area contributed by atoms with Crippen molar-refractivity contribution in [2.45, 2.75) is 20.0 Å². The molecule has 166 valence electrons. The first-order valence-electron chi connectivity index (χ1n) is 10.1. The van der Waals surface area contributed by atoms with E-state index in [1.165, 1.54) is 0 Å². The van der Waals surface area contributed by atoms with Crippen LogP contribution in [0.2, 0.25) is 0 Å². The van der Waals surface area contributed by atoms with E-state index in [0.717, 1.165) is 31.6 Å². The standard InChI is InChI=1S/C23H18Br2N6OS/c1-14-21-17(19-3-2-10-33-19)8-9-26-23(21)31(28-14)13-20(32)27-22-18(25)12-30(29-22)11-15-4-6-16(24)7-5-15/h2-10,12H,11,13H2,1H3,(H,27,29,32). The van der Waals surface area contributed by atoms with Gasteiger partial charge in [0.25, 0.3) is 0 Å². The number of carbonyl (C=O) groups excluding carboxylic acids is 1. The van der Waals surface area contributed by atoms with Gasteiger partial charge in [-0.2, -0.15) is 10.2 Å². The number of aryl methyl sites for hydroxylation is 1. The molecule has 0 bridgehead atoms. The molecule has 0 saturated carbocycles. The third-order valence-electron chi connectivity index (χ3n) is 5.12. The van der Waals surface area contributed by atoms with Crippen LogP contribution in [0.1, 0.15) is 11.3 Å². The highest BCUT2D eigenvalue weighted by Gasteiger charge is 2.17. The van der Waals surface area contributed by atoms with Crippen LogP contribution in [0.25, 0.3) is 21.5 Å². The molecule has 0 aliphatic rings. The largest absolute Gasteiger partial charge is 0.307 e. The van der Waals surface area contributed by atoms with Gasteiger partial charge in [0.15, 0.2) is 11.5 Å². The Kier molecular flexibility index (Phi) is 6.13. The molecule has 1 aromatic carbocycles. The monoisotopic (exact) mass is 584 g/mol. The number of rotatable bonds is 6. The summed E-state index contributed by atoms with van der Waals surface area (Å²) in [6.45, 7) is 2.58. The van der Waals surface area contributed by atoms with Crippen LogP contribution in [-0.2, 0) is 17.9 Å². The first-order chi connectivity index (χ1) is 16.0. The second-order valence-corrected chi connectivity index (χ2v) is 10.2. The van der Waals surface area contributed by atoms with Crippen LogP contribution in [0.15, 0.2) is 69.2 Å². The van der Waals surface area contributed by atoms with Crippen molar-refractivity contribution in [1.82, 2.24) is 24.5 Å². The summed E-state index contributed by atoms with van der Waals surface area (Å²) in [5, 5.41) is 15.0. The molecule has 0 spiro atoms. The van der Waals surface area contributed by atoms with Gasteiger partial charge >= 0.3 is 0 Å². The average molecular weight is 586 g/mol. The minimum Gasteiger partial charge on any atom is -0.307 e. The number of halogens is 2. The van der Waals surface area contributed by atoms with Gasteiger partial charge in [0.05, 0.1) is 22.1 Å². The molecule has 7 nitrogen and oxygen atoms in total. The summed E-state index contributed by atoms with van der Waals surface area (Å²) >= 11 is 8.60. The Morgan fingerprint density at radius 3 is 2.70 bits per heavy atom. The molecule has 0 aliphatic carbocycles. The van der Waals surface area contributed by atoms with Gasteiger partial charge in [-0.15, -0.1) is 11.3 Å². The smallest absolute Gasteiger partial charge is 0.247 e. The maximum atomic E-state index is 12.8. The number of amides is 1. The number of hydrogen-bond acceptors (Lipinski definition) is 5.